The van der Waals surface area contributed by atoms with E-state index in [4.69, 9.17) is 0 Å². The monoisotopic (exact) mass is 307 g/mol. The standard InChI is InChI=1S/C16H25N3OS/c1-12-16(20)19(15(17-12)14-8-5-11-21-14)10-9-18(2)13-6-3-4-7-13/h5,8,11-13,15,17H,3-4,6-7,9-10H2,1-2H3. The van der Waals surface area contributed by atoms with Gasteiger partial charge in [0.15, 0.2) is 0 Å². The van der Waals surface area contributed by atoms with E-state index in [1.165, 1.54) is 30.6 Å². The highest BCUT2D eigenvalue weighted by molar-refractivity contribution is 7.10. The highest BCUT2D eigenvalue weighted by Crippen LogP contribution is 2.29. The molecular formula is C16H25N3OS. The van der Waals surface area contributed by atoms with Gasteiger partial charge in [-0.3, -0.25) is 10.1 Å². The minimum atomic E-state index is -0.0751. The van der Waals surface area contributed by atoms with Gasteiger partial charge >= 0.3 is 0 Å². The summed E-state index contributed by atoms with van der Waals surface area (Å²) in [5.74, 6) is 0.230. The maximum atomic E-state index is 12.4. The average molecular weight is 307 g/mol. The first-order chi connectivity index (χ1) is 10.2. The van der Waals surface area contributed by atoms with E-state index < -0.39 is 0 Å². The number of carbonyl (C=O) groups excluding carboxylic acids is 1. The molecule has 2 atom stereocenters. The topological polar surface area (TPSA) is 35.6 Å². The highest BCUT2D eigenvalue weighted by Gasteiger charge is 2.37. The molecule has 1 aromatic rings. The fraction of sp³-hybridized carbons (Fsp3) is 0.688. The quantitative estimate of drug-likeness (QED) is 0.907. The lowest BCUT2D eigenvalue weighted by atomic mass is 10.2. The summed E-state index contributed by atoms with van der Waals surface area (Å²) < 4.78 is 0. The molecular weight excluding hydrogens is 282 g/mol. The van der Waals surface area contributed by atoms with Crippen LogP contribution in [0.2, 0.25) is 0 Å². The molecule has 1 saturated heterocycles. The summed E-state index contributed by atoms with van der Waals surface area (Å²) >= 11 is 1.72. The zero-order valence-corrected chi connectivity index (χ0v) is 13.7. The molecule has 1 aliphatic heterocycles. The van der Waals surface area contributed by atoms with Gasteiger partial charge < -0.3 is 9.80 Å². The van der Waals surface area contributed by atoms with Crippen molar-refractivity contribution >= 4 is 17.2 Å². The SMILES string of the molecule is CC1NC(c2cccs2)N(CCN(C)C2CCCC2)C1=O. The summed E-state index contributed by atoms with van der Waals surface area (Å²) in [7, 11) is 2.20. The summed E-state index contributed by atoms with van der Waals surface area (Å²) in [6, 6.07) is 4.81. The first-order valence-corrected chi connectivity index (χ1v) is 8.85. The smallest absolute Gasteiger partial charge is 0.241 e. The number of amides is 1. The first-order valence-electron chi connectivity index (χ1n) is 7.97. The third-order valence-electron chi connectivity index (χ3n) is 4.83. The van der Waals surface area contributed by atoms with Gasteiger partial charge in [-0.25, -0.2) is 0 Å². The Bertz CT molecular complexity index is 470. The number of hydrogen-bond donors (Lipinski definition) is 1. The third kappa shape index (κ3) is 3.15. The summed E-state index contributed by atoms with van der Waals surface area (Å²) in [4.78, 5) is 18.1. The van der Waals surface area contributed by atoms with Gasteiger partial charge in [0.2, 0.25) is 5.91 Å². The normalized spacial score (nSPS) is 27.2. The molecule has 2 fully saturated rings. The maximum Gasteiger partial charge on any atom is 0.241 e. The maximum absolute atomic E-state index is 12.4. The molecule has 0 aromatic carbocycles. The van der Waals surface area contributed by atoms with Gasteiger partial charge in [-0.15, -0.1) is 11.3 Å². The molecule has 21 heavy (non-hydrogen) atoms. The van der Waals surface area contributed by atoms with Crippen LogP contribution in [0.4, 0.5) is 0 Å². The Morgan fingerprint density at radius 2 is 2.19 bits per heavy atom. The van der Waals surface area contributed by atoms with Gasteiger partial charge in [0, 0.05) is 24.0 Å². The molecule has 1 amide bonds. The van der Waals surface area contributed by atoms with Crippen molar-refractivity contribution < 1.29 is 4.79 Å². The van der Waals surface area contributed by atoms with Crippen molar-refractivity contribution in [1.82, 2.24) is 15.1 Å². The predicted molar refractivity (Wildman–Crippen MR) is 86.3 cm³/mol. The lowest BCUT2D eigenvalue weighted by Crippen LogP contribution is -2.40. The van der Waals surface area contributed by atoms with E-state index in [2.05, 4.69) is 34.8 Å². The third-order valence-corrected chi connectivity index (χ3v) is 5.75. The summed E-state index contributed by atoms with van der Waals surface area (Å²) in [5, 5.41) is 5.49. The Kier molecular flexibility index (Phi) is 4.62. The fourth-order valence-electron chi connectivity index (χ4n) is 3.49. The summed E-state index contributed by atoms with van der Waals surface area (Å²) in [6.07, 6.45) is 5.40. The molecule has 1 N–H and O–H groups in total. The molecule has 5 heteroatoms. The molecule has 2 unspecified atom stereocenters. The largest absolute Gasteiger partial charge is 0.319 e. The molecule has 0 bridgehead atoms. The van der Waals surface area contributed by atoms with Crippen LogP contribution < -0.4 is 5.32 Å². The van der Waals surface area contributed by atoms with Crippen molar-refractivity contribution in [3.8, 4) is 0 Å². The van der Waals surface area contributed by atoms with Crippen molar-refractivity contribution in [2.24, 2.45) is 0 Å². The van der Waals surface area contributed by atoms with Gasteiger partial charge in [-0.05, 0) is 38.3 Å². The molecule has 2 aliphatic rings. The molecule has 1 aliphatic carbocycles. The van der Waals surface area contributed by atoms with Crippen LogP contribution in [0.25, 0.3) is 0 Å². The van der Waals surface area contributed by atoms with Crippen LogP contribution in [0.1, 0.15) is 43.6 Å². The first kappa shape index (κ1) is 15.0. The zero-order chi connectivity index (χ0) is 14.8. The average Bonchev–Trinajstić information content (AvgIpc) is 3.20. The van der Waals surface area contributed by atoms with E-state index >= 15 is 0 Å². The van der Waals surface area contributed by atoms with Crippen LogP contribution >= 0.6 is 11.3 Å². The van der Waals surface area contributed by atoms with Crippen LogP contribution in [0, 0.1) is 0 Å². The molecule has 1 aromatic heterocycles. The van der Waals surface area contributed by atoms with Crippen LogP contribution in [0.5, 0.6) is 0 Å². The van der Waals surface area contributed by atoms with E-state index in [-0.39, 0.29) is 18.1 Å². The van der Waals surface area contributed by atoms with Crippen LogP contribution in [0.3, 0.4) is 0 Å². The molecule has 3 rings (SSSR count). The number of rotatable bonds is 5. The number of thiophene rings is 1. The number of nitrogens with one attached hydrogen (secondary N) is 1. The second-order valence-corrected chi connectivity index (χ2v) is 7.24. The van der Waals surface area contributed by atoms with Crippen molar-refractivity contribution in [3.63, 3.8) is 0 Å². The Hall–Kier alpha value is -0.910. The predicted octanol–water partition coefficient (Wildman–Crippen LogP) is 2.44. The summed E-state index contributed by atoms with van der Waals surface area (Å²) in [5.41, 5.74) is 0. The molecule has 116 valence electrons. The number of carbonyl (C=O) groups is 1. The molecule has 4 nitrogen and oxygen atoms in total. The van der Waals surface area contributed by atoms with Crippen molar-refractivity contribution in [2.75, 3.05) is 20.1 Å². The number of nitrogens with zero attached hydrogens (tertiary/aromatic N) is 2. The van der Waals surface area contributed by atoms with Gasteiger partial charge in [-0.2, -0.15) is 0 Å². The van der Waals surface area contributed by atoms with E-state index in [0.717, 1.165) is 13.1 Å². The van der Waals surface area contributed by atoms with Gasteiger partial charge in [-0.1, -0.05) is 18.9 Å². The lowest BCUT2D eigenvalue weighted by molar-refractivity contribution is -0.130. The van der Waals surface area contributed by atoms with Crippen LogP contribution in [0.15, 0.2) is 17.5 Å². The van der Waals surface area contributed by atoms with E-state index in [9.17, 15) is 4.79 Å². The Morgan fingerprint density at radius 1 is 1.43 bits per heavy atom. The lowest BCUT2D eigenvalue weighted by Gasteiger charge is -2.29. The minimum absolute atomic E-state index is 0.0597. The highest BCUT2D eigenvalue weighted by atomic mass is 32.1. The molecule has 2 heterocycles. The minimum Gasteiger partial charge on any atom is -0.319 e. The van der Waals surface area contributed by atoms with Crippen LogP contribution in [-0.4, -0.2) is 47.9 Å². The van der Waals surface area contributed by atoms with Crippen LogP contribution in [-0.2, 0) is 4.79 Å². The Balaban J connectivity index is 1.62. The van der Waals surface area contributed by atoms with E-state index in [0.29, 0.717) is 6.04 Å². The number of likely N-dealkylation sites (N-methyl/N-ethyl adjacent to an activating group) is 1. The molecule has 0 radical (unpaired) electrons. The Labute approximate surface area is 131 Å². The van der Waals surface area contributed by atoms with Crippen molar-refractivity contribution in [1.29, 1.82) is 0 Å². The molecule has 1 saturated carbocycles. The second kappa shape index (κ2) is 6.46. The van der Waals surface area contributed by atoms with E-state index in [1.54, 1.807) is 11.3 Å². The van der Waals surface area contributed by atoms with Gasteiger partial charge in [0.25, 0.3) is 0 Å². The van der Waals surface area contributed by atoms with Crippen molar-refractivity contribution in [3.05, 3.63) is 22.4 Å². The summed E-state index contributed by atoms with van der Waals surface area (Å²) in [6.45, 7) is 3.74. The van der Waals surface area contributed by atoms with E-state index in [1.807, 2.05) is 11.8 Å². The van der Waals surface area contributed by atoms with Crippen molar-refractivity contribution in [2.45, 2.75) is 50.9 Å². The number of hydrogen-bond acceptors (Lipinski definition) is 4. The Morgan fingerprint density at radius 3 is 2.86 bits per heavy atom. The van der Waals surface area contributed by atoms with Gasteiger partial charge in [0.1, 0.15) is 6.17 Å². The van der Waals surface area contributed by atoms with Gasteiger partial charge in [0.05, 0.1) is 6.04 Å². The zero-order valence-electron chi connectivity index (χ0n) is 12.9. The second-order valence-electron chi connectivity index (χ2n) is 6.26. The fourth-order valence-corrected chi connectivity index (χ4v) is 4.28. The molecule has 0 spiro atoms.